The normalized spacial score (nSPS) is 16.2. The lowest BCUT2D eigenvalue weighted by atomic mass is 9.71. The molecular formula is C44H57N4O6+. The largest absolute Gasteiger partial charge is 0.481 e. The summed E-state index contributed by atoms with van der Waals surface area (Å²) in [6.07, 6.45) is 19.7. The molecule has 4 rings (SSSR count). The van der Waals surface area contributed by atoms with E-state index in [4.69, 9.17) is 9.47 Å². The van der Waals surface area contributed by atoms with Gasteiger partial charge in [0.05, 0.1) is 18.1 Å². The first-order valence-electron chi connectivity index (χ1n) is 19.6. The average molecular weight is 738 g/mol. The maximum Gasteiger partial charge on any atom is 0.305 e. The fourth-order valence-electron chi connectivity index (χ4n) is 7.84. The first-order chi connectivity index (χ1) is 26.3. The highest BCUT2D eigenvalue weighted by molar-refractivity contribution is 5.75. The van der Waals surface area contributed by atoms with Crippen LogP contribution in [0.4, 0.5) is 5.69 Å². The van der Waals surface area contributed by atoms with Gasteiger partial charge in [-0.15, -0.1) is 0 Å². The Bertz CT molecular complexity index is 1800. The number of aliphatic carboxylic acids is 1. The van der Waals surface area contributed by atoms with E-state index in [0.717, 1.165) is 79.6 Å². The molecule has 10 heteroatoms. The molecule has 10 nitrogen and oxygen atoms in total. The number of nitriles is 1. The van der Waals surface area contributed by atoms with E-state index in [1.54, 1.807) is 6.08 Å². The van der Waals surface area contributed by atoms with Crippen molar-refractivity contribution in [1.29, 1.82) is 5.26 Å². The second-order valence-corrected chi connectivity index (χ2v) is 14.1. The molecule has 3 aromatic rings. The third kappa shape index (κ3) is 10.5. The molecule has 0 amide bonds. The number of para-hydroxylation sites is 2. The number of aromatic nitrogens is 2. The number of allylic oxidation sites excluding steroid dienone is 5. The van der Waals surface area contributed by atoms with Gasteiger partial charge in [-0.2, -0.15) is 5.26 Å². The smallest absolute Gasteiger partial charge is 0.305 e. The summed E-state index contributed by atoms with van der Waals surface area (Å²) in [5, 5.41) is 20.3. The number of nitrogens with zero attached hydrogens (tertiary/aromatic N) is 4. The first-order valence-corrected chi connectivity index (χ1v) is 19.6. The predicted molar refractivity (Wildman–Crippen MR) is 212 cm³/mol. The van der Waals surface area contributed by atoms with Crippen molar-refractivity contribution in [3.8, 4) is 6.07 Å². The van der Waals surface area contributed by atoms with Gasteiger partial charge in [0.2, 0.25) is 0 Å². The zero-order valence-electron chi connectivity index (χ0n) is 32.3. The standard InChI is InChI=1S/C44H56N4O6/c1-4-6-8-10-14-25-44(24-13-9-7-5-2)37-31-35(3)17-20-38(37)46(26-23-43(51)52)41(44)21-18-36(32-45)19-22-42-47(27-29-53-33-49)39-15-11-12-16-40(39)48(42)28-30-54-34-50/h11-12,15-22,31,33-34H,4-10,13-14,23-30H2,1-3H3/p+1. The van der Waals surface area contributed by atoms with Crippen LogP contribution in [0.25, 0.3) is 17.1 Å². The fourth-order valence-corrected chi connectivity index (χ4v) is 7.84. The molecule has 54 heavy (non-hydrogen) atoms. The summed E-state index contributed by atoms with van der Waals surface area (Å²) in [4.78, 5) is 36.1. The van der Waals surface area contributed by atoms with E-state index in [1.807, 2.05) is 45.6 Å². The Morgan fingerprint density at radius 2 is 1.61 bits per heavy atom. The minimum atomic E-state index is -0.847. The number of aryl methyl sites for hydroxylation is 1. The molecule has 0 saturated carbocycles. The maximum absolute atomic E-state index is 12.0. The van der Waals surface area contributed by atoms with Crippen molar-refractivity contribution in [3.63, 3.8) is 0 Å². The highest BCUT2D eigenvalue weighted by Crippen LogP contribution is 2.54. The number of fused-ring (bicyclic) bond motifs is 2. The van der Waals surface area contributed by atoms with E-state index < -0.39 is 5.97 Å². The number of benzene rings is 2. The zero-order chi connectivity index (χ0) is 38.8. The van der Waals surface area contributed by atoms with Crippen molar-refractivity contribution in [1.82, 2.24) is 4.57 Å². The van der Waals surface area contributed by atoms with Crippen molar-refractivity contribution < 1.29 is 33.5 Å². The van der Waals surface area contributed by atoms with Gasteiger partial charge in [-0.3, -0.25) is 14.4 Å². The highest BCUT2D eigenvalue weighted by Gasteiger charge is 2.46. The van der Waals surface area contributed by atoms with Gasteiger partial charge in [-0.05, 0) is 61.8 Å². The number of imidazole rings is 1. The maximum atomic E-state index is 12.0. The van der Waals surface area contributed by atoms with Crippen LogP contribution in [0.5, 0.6) is 0 Å². The molecule has 1 aliphatic heterocycles. The lowest BCUT2D eigenvalue weighted by Gasteiger charge is -2.34. The number of carboxylic acids is 1. The van der Waals surface area contributed by atoms with Crippen molar-refractivity contribution >= 4 is 41.7 Å². The van der Waals surface area contributed by atoms with Crippen LogP contribution in [0.15, 0.2) is 72.0 Å². The minimum absolute atomic E-state index is 0.00597. The second kappa shape index (κ2) is 21.5. The molecule has 2 aromatic carbocycles. The number of hydrogen-bond donors (Lipinski definition) is 1. The number of carbonyl (C=O) groups excluding carboxylic acids is 2. The van der Waals surface area contributed by atoms with Crippen LogP contribution in [-0.2, 0) is 42.4 Å². The van der Waals surface area contributed by atoms with E-state index in [-0.39, 0.29) is 25.0 Å². The Morgan fingerprint density at radius 3 is 2.30 bits per heavy atom. The predicted octanol–water partition coefficient (Wildman–Crippen LogP) is 8.49. The lowest BCUT2D eigenvalue weighted by molar-refractivity contribution is -0.675. The molecule has 0 spiro atoms. The van der Waals surface area contributed by atoms with Crippen molar-refractivity contribution in [2.45, 2.75) is 116 Å². The molecule has 1 aliphatic rings. The first kappa shape index (κ1) is 41.6. The Labute approximate surface area is 320 Å². The van der Waals surface area contributed by atoms with Crippen LogP contribution in [0.1, 0.15) is 108 Å². The van der Waals surface area contributed by atoms with E-state index in [2.05, 4.69) is 56.0 Å². The number of hydrogen-bond acceptors (Lipinski definition) is 7. The molecule has 0 saturated heterocycles. The van der Waals surface area contributed by atoms with E-state index >= 15 is 0 Å². The molecule has 1 unspecified atom stereocenters. The summed E-state index contributed by atoms with van der Waals surface area (Å²) in [6.45, 7) is 8.83. The van der Waals surface area contributed by atoms with Crippen molar-refractivity contribution in [2.75, 3.05) is 24.7 Å². The molecule has 0 radical (unpaired) electrons. The highest BCUT2D eigenvalue weighted by atomic mass is 16.5. The van der Waals surface area contributed by atoms with Gasteiger partial charge < -0.3 is 19.5 Å². The summed E-state index contributed by atoms with van der Waals surface area (Å²) >= 11 is 0. The van der Waals surface area contributed by atoms with E-state index in [0.29, 0.717) is 38.2 Å². The molecule has 0 bridgehead atoms. The lowest BCUT2D eigenvalue weighted by Crippen LogP contribution is -2.38. The van der Waals surface area contributed by atoms with E-state index in [9.17, 15) is 24.8 Å². The van der Waals surface area contributed by atoms with Crippen LogP contribution >= 0.6 is 0 Å². The van der Waals surface area contributed by atoms with Crippen LogP contribution in [0, 0.1) is 18.3 Å². The average Bonchev–Trinajstić information content (AvgIpc) is 3.60. The SMILES string of the molecule is CCCCCCCC1(CCCCCC)C(=CC=C(C#N)C=Cc2n(CCOC=O)c3ccccc3[n+]2CCOC=O)N(CCC(=O)O)c2ccc(C)cc21. The van der Waals surface area contributed by atoms with Gasteiger partial charge in [0, 0.05) is 29.4 Å². The van der Waals surface area contributed by atoms with Crippen molar-refractivity contribution in [3.05, 3.63) is 88.9 Å². The Morgan fingerprint density at radius 1 is 0.926 bits per heavy atom. The molecule has 1 N–H and O–H groups in total. The molecule has 1 atom stereocenters. The van der Waals surface area contributed by atoms with Crippen LogP contribution < -0.4 is 9.47 Å². The topological polar surface area (TPSA) is 126 Å². The summed E-state index contributed by atoms with van der Waals surface area (Å²) in [6, 6.07) is 16.7. The number of anilines is 1. The second-order valence-electron chi connectivity index (χ2n) is 14.1. The van der Waals surface area contributed by atoms with Crippen LogP contribution in [0.3, 0.4) is 0 Å². The number of unbranched alkanes of at least 4 members (excludes halogenated alkanes) is 7. The molecule has 2 heterocycles. The Hall–Kier alpha value is -5.17. The third-order valence-electron chi connectivity index (χ3n) is 10.4. The van der Waals surface area contributed by atoms with Gasteiger partial charge in [0.1, 0.15) is 26.3 Å². The monoisotopic (exact) mass is 737 g/mol. The van der Waals surface area contributed by atoms with Gasteiger partial charge in [-0.1, -0.05) is 101 Å². The molecule has 1 aromatic heterocycles. The molecular weight excluding hydrogens is 681 g/mol. The summed E-state index contributed by atoms with van der Waals surface area (Å²) in [7, 11) is 0. The van der Waals surface area contributed by atoms with Crippen LogP contribution in [-0.4, -0.2) is 48.3 Å². The number of rotatable bonds is 25. The molecule has 288 valence electrons. The van der Waals surface area contributed by atoms with Gasteiger partial charge in [-0.25, -0.2) is 9.13 Å². The number of carboxylic acid groups (broad SMARTS) is 1. The Kier molecular flexibility index (Phi) is 16.6. The number of carbonyl (C=O) groups is 3. The summed E-state index contributed by atoms with van der Waals surface area (Å²) < 4.78 is 14.2. The Balaban J connectivity index is 1.85. The molecule has 0 fully saturated rings. The van der Waals surface area contributed by atoms with Gasteiger partial charge in [0.25, 0.3) is 18.8 Å². The van der Waals surface area contributed by atoms with Gasteiger partial charge >= 0.3 is 5.97 Å². The fraction of sp³-hybridized carbons (Fsp3) is 0.477. The van der Waals surface area contributed by atoms with Crippen molar-refractivity contribution in [2.24, 2.45) is 0 Å². The van der Waals surface area contributed by atoms with E-state index in [1.165, 1.54) is 30.4 Å². The zero-order valence-corrected chi connectivity index (χ0v) is 32.3. The quantitative estimate of drug-likeness (QED) is 0.0302. The van der Waals surface area contributed by atoms with Crippen LogP contribution in [0.2, 0.25) is 0 Å². The van der Waals surface area contributed by atoms with Gasteiger partial charge in [0.15, 0.2) is 11.0 Å². The number of ether oxygens (including phenoxy) is 2. The third-order valence-corrected chi connectivity index (χ3v) is 10.4. The minimum Gasteiger partial charge on any atom is -0.481 e. The molecule has 0 aliphatic carbocycles. The summed E-state index contributed by atoms with van der Waals surface area (Å²) in [5.41, 5.74) is 6.46. The summed E-state index contributed by atoms with van der Waals surface area (Å²) in [5.74, 6) is -0.0989.